The van der Waals surface area contributed by atoms with Gasteiger partial charge in [0.25, 0.3) is 0 Å². The molecule has 0 radical (unpaired) electrons. The van der Waals surface area contributed by atoms with E-state index in [9.17, 15) is 13.2 Å². The maximum absolute atomic E-state index is 12.8. The van der Waals surface area contributed by atoms with E-state index in [0.717, 1.165) is 25.0 Å². The van der Waals surface area contributed by atoms with E-state index in [1.54, 1.807) is 6.92 Å². The van der Waals surface area contributed by atoms with Crippen molar-refractivity contribution in [3.05, 3.63) is 34.5 Å². The number of benzene rings is 1. The molecule has 0 amide bonds. The number of anilines is 1. The van der Waals surface area contributed by atoms with Gasteiger partial charge in [0, 0.05) is 11.6 Å². The van der Waals surface area contributed by atoms with Crippen molar-refractivity contribution < 1.29 is 17.9 Å². The van der Waals surface area contributed by atoms with Crippen molar-refractivity contribution in [2.75, 3.05) is 12.4 Å². The number of methoxy groups -OCH3 is 1. The Morgan fingerprint density at radius 2 is 1.85 bits per heavy atom. The largest absolute Gasteiger partial charge is 0.479 e. The van der Waals surface area contributed by atoms with E-state index >= 15 is 0 Å². The van der Waals surface area contributed by atoms with E-state index in [1.807, 2.05) is 0 Å². The summed E-state index contributed by atoms with van der Waals surface area (Å²) in [5, 5.41) is 3.25. The van der Waals surface area contributed by atoms with E-state index in [2.05, 4.69) is 29.1 Å². The van der Waals surface area contributed by atoms with Gasteiger partial charge in [0.1, 0.15) is 5.69 Å². The first kappa shape index (κ1) is 20.3. The van der Waals surface area contributed by atoms with E-state index in [0.29, 0.717) is 22.8 Å². The summed E-state index contributed by atoms with van der Waals surface area (Å²) in [5.74, 6) is 0.785. The molecular weight excluding hydrogens is 367 g/mol. The molecule has 2 aromatic rings. The topological polar surface area (TPSA) is 47.0 Å². The molecule has 0 atom stereocenters. The summed E-state index contributed by atoms with van der Waals surface area (Å²) in [7, 11) is 1.43. The van der Waals surface area contributed by atoms with Crippen LogP contribution in [0.2, 0.25) is 5.02 Å². The van der Waals surface area contributed by atoms with Crippen LogP contribution in [0, 0.1) is 6.92 Å². The van der Waals surface area contributed by atoms with Crippen LogP contribution in [0.15, 0.2) is 18.2 Å². The lowest BCUT2D eigenvalue weighted by molar-refractivity contribution is -0.137. The van der Waals surface area contributed by atoms with Gasteiger partial charge in [0.2, 0.25) is 5.88 Å². The van der Waals surface area contributed by atoms with E-state index in [4.69, 9.17) is 16.3 Å². The number of alkyl halides is 3. The van der Waals surface area contributed by atoms with Gasteiger partial charge in [-0.1, -0.05) is 31.5 Å². The molecule has 4 nitrogen and oxygen atoms in total. The monoisotopic (exact) mass is 387 g/mol. The second kappa shape index (κ2) is 8.12. The molecule has 0 saturated carbocycles. The van der Waals surface area contributed by atoms with Crippen LogP contribution in [0.1, 0.15) is 37.9 Å². The third-order valence-corrected chi connectivity index (χ3v) is 4.42. The first-order valence-electron chi connectivity index (χ1n) is 8.27. The highest BCUT2D eigenvalue weighted by Crippen LogP contribution is 2.38. The number of aromatic nitrogens is 2. The number of nitrogens with one attached hydrogen (secondary N) is 1. The fourth-order valence-electron chi connectivity index (χ4n) is 2.53. The second-order valence-electron chi connectivity index (χ2n) is 5.87. The molecule has 0 unspecified atom stereocenters. The first-order valence-corrected chi connectivity index (χ1v) is 8.65. The number of aryl methyl sites for hydroxylation is 1. The van der Waals surface area contributed by atoms with Gasteiger partial charge in [-0.05, 0) is 31.9 Å². The van der Waals surface area contributed by atoms with Crippen LogP contribution in [-0.4, -0.2) is 23.1 Å². The SMILES string of the molecule is CCC(CC)Nc1nc(OC)c(-c2ccc(C(F)(F)F)cc2Cl)nc1C. The molecular formula is C18H21ClF3N3O. The molecule has 142 valence electrons. The fraction of sp³-hybridized carbons (Fsp3) is 0.444. The first-order chi connectivity index (χ1) is 12.2. The minimum absolute atomic E-state index is 0.0625. The number of rotatable bonds is 6. The maximum atomic E-state index is 12.8. The molecule has 0 aliphatic rings. The summed E-state index contributed by atoms with van der Waals surface area (Å²) in [6, 6.07) is 3.37. The minimum atomic E-state index is -4.46. The van der Waals surface area contributed by atoms with Crippen molar-refractivity contribution in [1.82, 2.24) is 9.97 Å². The highest BCUT2D eigenvalue weighted by molar-refractivity contribution is 6.33. The second-order valence-corrected chi connectivity index (χ2v) is 6.27. The predicted molar refractivity (Wildman–Crippen MR) is 96.8 cm³/mol. The number of hydrogen-bond acceptors (Lipinski definition) is 4. The molecule has 1 aromatic carbocycles. The Balaban J connectivity index is 2.49. The van der Waals surface area contributed by atoms with E-state index in [1.165, 1.54) is 13.2 Å². The van der Waals surface area contributed by atoms with Crippen molar-refractivity contribution in [3.63, 3.8) is 0 Å². The van der Waals surface area contributed by atoms with Gasteiger partial charge in [0.15, 0.2) is 5.82 Å². The number of hydrogen-bond donors (Lipinski definition) is 1. The van der Waals surface area contributed by atoms with Crippen molar-refractivity contribution in [1.29, 1.82) is 0 Å². The molecule has 0 bridgehead atoms. The van der Waals surface area contributed by atoms with Gasteiger partial charge < -0.3 is 10.1 Å². The smallest absolute Gasteiger partial charge is 0.416 e. The van der Waals surface area contributed by atoms with Gasteiger partial charge >= 0.3 is 6.18 Å². The lowest BCUT2D eigenvalue weighted by Gasteiger charge is -2.19. The zero-order valence-electron chi connectivity index (χ0n) is 15.0. The molecule has 1 heterocycles. The lowest BCUT2D eigenvalue weighted by atomic mass is 10.1. The number of halogens is 4. The molecule has 0 saturated heterocycles. The molecule has 1 aromatic heterocycles. The maximum Gasteiger partial charge on any atom is 0.416 e. The molecule has 0 spiro atoms. The van der Waals surface area contributed by atoms with Gasteiger partial charge in [0.05, 0.1) is 23.4 Å². The Labute approximate surface area is 155 Å². The molecule has 0 fully saturated rings. The van der Waals surface area contributed by atoms with Crippen molar-refractivity contribution >= 4 is 17.4 Å². The Morgan fingerprint density at radius 1 is 1.19 bits per heavy atom. The minimum Gasteiger partial charge on any atom is -0.479 e. The molecule has 0 aliphatic carbocycles. The fourth-order valence-corrected chi connectivity index (χ4v) is 2.80. The molecule has 26 heavy (non-hydrogen) atoms. The van der Waals surface area contributed by atoms with E-state index in [-0.39, 0.29) is 16.9 Å². The average Bonchev–Trinajstić information content (AvgIpc) is 2.59. The summed E-state index contributed by atoms with van der Waals surface area (Å²) in [6.07, 6.45) is -2.62. The quantitative estimate of drug-likeness (QED) is 0.687. The van der Waals surface area contributed by atoms with Crippen molar-refractivity contribution in [2.45, 2.75) is 45.8 Å². The van der Waals surface area contributed by atoms with Gasteiger partial charge in [-0.2, -0.15) is 18.2 Å². The molecule has 8 heteroatoms. The summed E-state index contributed by atoms with van der Waals surface area (Å²) >= 11 is 6.08. The molecule has 2 rings (SSSR count). The Morgan fingerprint density at radius 3 is 2.35 bits per heavy atom. The Bertz CT molecular complexity index is 777. The van der Waals surface area contributed by atoms with Crippen LogP contribution in [0.4, 0.5) is 19.0 Å². The van der Waals surface area contributed by atoms with Gasteiger partial charge in [-0.15, -0.1) is 0 Å². The third kappa shape index (κ3) is 4.38. The summed E-state index contributed by atoms with van der Waals surface area (Å²) < 4.78 is 43.8. The predicted octanol–water partition coefficient (Wildman–Crippen LogP) is 5.73. The summed E-state index contributed by atoms with van der Waals surface area (Å²) in [4.78, 5) is 8.91. The Kier molecular flexibility index (Phi) is 6.34. The number of ether oxygens (including phenoxy) is 1. The van der Waals surface area contributed by atoms with Crippen LogP contribution >= 0.6 is 11.6 Å². The summed E-state index contributed by atoms with van der Waals surface area (Å²) in [6.45, 7) is 5.91. The zero-order valence-corrected chi connectivity index (χ0v) is 15.8. The standard InChI is InChI=1S/C18H21ClF3N3O/c1-5-12(6-2)24-16-10(3)23-15(17(25-16)26-4)13-8-7-11(9-14(13)19)18(20,21)22/h7-9,12H,5-6H2,1-4H3,(H,24,25). The van der Waals surface area contributed by atoms with Crippen LogP contribution in [0.25, 0.3) is 11.3 Å². The van der Waals surface area contributed by atoms with E-state index < -0.39 is 11.7 Å². The van der Waals surface area contributed by atoms with Gasteiger partial charge in [-0.25, -0.2) is 4.98 Å². The zero-order chi connectivity index (χ0) is 19.5. The molecule has 0 aliphatic heterocycles. The summed E-state index contributed by atoms with van der Waals surface area (Å²) in [5.41, 5.74) is 0.436. The third-order valence-electron chi connectivity index (χ3n) is 4.11. The molecule has 1 N–H and O–H groups in total. The van der Waals surface area contributed by atoms with Crippen LogP contribution < -0.4 is 10.1 Å². The normalized spacial score (nSPS) is 11.7. The van der Waals surface area contributed by atoms with Crippen LogP contribution in [0.3, 0.4) is 0 Å². The lowest BCUT2D eigenvalue weighted by Crippen LogP contribution is -2.19. The van der Waals surface area contributed by atoms with Crippen molar-refractivity contribution in [2.24, 2.45) is 0 Å². The highest BCUT2D eigenvalue weighted by atomic mass is 35.5. The van der Waals surface area contributed by atoms with Crippen LogP contribution in [-0.2, 0) is 6.18 Å². The Hall–Kier alpha value is -2.02. The average molecular weight is 388 g/mol. The van der Waals surface area contributed by atoms with Gasteiger partial charge in [-0.3, -0.25) is 0 Å². The van der Waals surface area contributed by atoms with Crippen LogP contribution in [0.5, 0.6) is 5.88 Å². The number of nitrogens with zero attached hydrogens (tertiary/aromatic N) is 2. The highest BCUT2D eigenvalue weighted by Gasteiger charge is 2.31. The van der Waals surface area contributed by atoms with Crippen molar-refractivity contribution in [3.8, 4) is 17.1 Å².